The molecule has 0 radical (unpaired) electrons. The van der Waals surface area contributed by atoms with E-state index in [9.17, 15) is 14.4 Å². The highest BCUT2D eigenvalue weighted by molar-refractivity contribution is 5.90. The van der Waals surface area contributed by atoms with Gasteiger partial charge in [0.05, 0.1) is 6.42 Å². The van der Waals surface area contributed by atoms with Gasteiger partial charge in [-0.15, -0.1) is 0 Å². The van der Waals surface area contributed by atoms with Gasteiger partial charge in [0.2, 0.25) is 5.91 Å². The molecule has 1 heterocycles. The fourth-order valence-corrected chi connectivity index (χ4v) is 2.31. The number of carbonyl (C=O) groups is 3. The van der Waals surface area contributed by atoms with Crippen molar-refractivity contribution in [3.63, 3.8) is 0 Å². The fraction of sp³-hybridized carbons (Fsp3) is 0.353. The quantitative estimate of drug-likeness (QED) is 0.656. The molecule has 3 N–H and O–H groups in total. The number of likely N-dealkylation sites (N-methyl/N-ethyl adjacent to an activating group) is 1. The summed E-state index contributed by atoms with van der Waals surface area (Å²) in [6.07, 6.45) is 1.83. The molecule has 2 aromatic rings. The van der Waals surface area contributed by atoms with E-state index in [2.05, 4.69) is 15.6 Å². The van der Waals surface area contributed by atoms with Crippen LogP contribution in [-0.2, 0) is 25.5 Å². The third kappa shape index (κ3) is 4.58. The Morgan fingerprint density at radius 2 is 2.00 bits per heavy atom. The van der Waals surface area contributed by atoms with Gasteiger partial charge in [0.25, 0.3) is 5.91 Å². The second kappa shape index (κ2) is 8.14. The van der Waals surface area contributed by atoms with Crippen molar-refractivity contribution in [3.05, 3.63) is 36.0 Å². The molecule has 1 atom stereocenters. The minimum atomic E-state index is -0.676. The van der Waals surface area contributed by atoms with Gasteiger partial charge in [0, 0.05) is 23.6 Å². The van der Waals surface area contributed by atoms with Crippen LogP contribution in [0.25, 0.3) is 10.9 Å². The zero-order chi connectivity index (χ0) is 17.5. The van der Waals surface area contributed by atoms with Crippen LogP contribution in [0.3, 0.4) is 0 Å². The van der Waals surface area contributed by atoms with E-state index in [4.69, 9.17) is 4.74 Å². The molecule has 0 saturated carbocycles. The lowest BCUT2D eigenvalue weighted by Gasteiger charge is -2.13. The number of H-pyrrole nitrogens is 1. The summed E-state index contributed by atoms with van der Waals surface area (Å²) in [4.78, 5) is 38.2. The molecule has 7 heteroatoms. The van der Waals surface area contributed by atoms with Crippen molar-refractivity contribution in [2.45, 2.75) is 26.3 Å². The SMILES string of the molecule is CCNC(=O)[C@H](C)NC(=O)COC(=O)Cc1c[nH]c2ccccc12. The van der Waals surface area contributed by atoms with Crippen LogP contribution in [0.4, 0.5) is 0 Å². The number of aromatic amines is 1. The van der Waals surface area contributed by atoms with Crippen molar-refractivity contribution in [2.75, 3.05) is 13.2 Å². The molecule has 0 aliphatic rings. The summed E-state index contributed by atoms with van der Waals surface area (Å²) < 4.78 is 4.97. The second-order valence-electron chi connectivity index (χ2n) is 5.38. The monoisotopic (exact) mass is 331 g/mol. The first-order valence-electron chi connectivity index (χ1n) is 7.79. The molecular formula is C17H21N3O4. The number of rotatable bonds is 7. The van der Waals surface area contributed by atoms with Crippen LogP contribution in [0, 0.1) is 0 Å². The minimum Gasteiger partial charge on any atom is -0.455 e. The van der Waals surface area contributed by atoms with Crippen molar-refractivity contribution in [2.24, 2.45) is 0 Å². The second-order valence-corrected chi connectivity index (χ2v) is 5.38. The van der Waals surface area contributed by atoms with E-state index in [1.54, 1.807) is 20.0 Å². The average Bonchev–Trinajstić information content (AvgIpc) is 2.96. The maximum Gasteiger partial charge on any atom is 0.310 e. The molecule has 0 spiro atoms. The topological polar surface area (TPSA) is 100 Å². The molecule has 2 amide bonds. The molecule has 128 valence electrons. The maximum absolute atomic E-state index is 11.9. The van der Waals surface area contributed by atoms with Crippen LogP contribution in [0.15, 0.2) is 30.5 Å². The lowest BCUT2D eigenvalue weighted by molar-refractivity contribution is -0.148. The normalized spacial score (nSPS) is 11.8. The van der Waals surface area contributed by atoms with Gasteiger partial charge in [-0.3, -0.25) is 14.4 Å². The molecule has 0 saturated heterocycles. The smallest absolute Gasteiger partial charge is 0.310 e. The summed E-state index contributed by atoms with van der Waals surface area (Å²) in [5, 5.41) is 6.02. The number of ether oxygens (including phenoxy) is 1. The van der Waals surface area contributed by atoms with E-state index in [0.29, 0.717) is 6.54 Å². The Labute approximate surface area is 139 Å². The van der Waals surface area contributed by atoms with E-state index in [-0.39, 0.29) is 12.3 Å². The van der Waals surface area contributed by atoms with Crippen LogP contribution in [0.1, 0.15) is 19.4 Å². The molecule has 0 aliphatic heterocycles. The molecule has 0 unspecified atom stereocenters. The third-order valence-electron chi connectivity index (χ3n) is 3.50. The van der Waals surface area contributed by atoms with E-state index < -0.39 is 24.5 Å². The molecule has 1 aromatic carbocycles. The Morgan fingerprint density at radius 3 is 2.75 bits per heavy atom. The molecule has 1 aromatic heterocycles. The number of amides is 2. The number of hydrogen-bond acceptors (Lipinski definition) is 4. The van der Waals surface area contributed by atoms with Crippen molar-refractivity contribution in [1.82, 2.24) is 15.6 Å². The predicted octanol–water partition coefficient (Wildman–Crippen LogP) is 0.894. The summed E-state index contributed by atoms with van der Waals surface area (Å²) in [5.41, 5.74) is 1.75. The predicted molar refractivity (Wildman–Crippen MR) is 89.3 cm³/mol. The van der Waals surface area contributed by atoms with Crippen LogP contribution in [0.5, 0.6) is 0 Å². The van der Waals surface area contributed by atoms with E-state index in [0.717, 1.165) is 16.5 Å². The lowest BCUT2D eigenvalue weighted by Crippen LogP contribution is -2.46. The Hall–Kier alpha value is -2.83. The van der Waals surface area contributed by atoms with E-state index in [1.807, 2.05) is 24.3 Å². The highest BCUT2D eigenvalue weighted by Crippen LogP contribution is 2.18. The van der Waals surface area contributed by atoms with Crippen molar-refractivity contribution >= 4 is 28.7 Å². The zero-order valence-electron chi connectivity index (χ0n) is 13.7. The van der Waals surface area contributed by atoms with Gasteiger partial charge in [-0.05, 0) is 25.5 Å². The number of nitrogens with one attached hydrogen (secondary N) is 3. The van der Waals surface area contributed by atoms with Gasteiger partial charge in [-0.1, -0.05) is 18.2 Å². The highest BCUT2D eigenvalue weighted by atomic mass is 16.5. The summed E-state index contributed by atoms with van der Waals surface area (Å²) in [6.45, 7) is 3.43. The number of carbonyl (C=O) groups excluding carboxylic acids is 3. The van der Waals surface area contributed by atoms with Gasteiger partial charge in [-0.25, -0.2) is 0 Å². The average molecular weight is 331 g/mol. The summed E-state index contributed by atoms with van der Waals surface area (Å²) in [5.74, 6) is -1.29. The maximum atomic E-state index is 11.9. The van der Waals surface area contributed by atoms with Crippen molar-refractivity contribution < 1.29 is 19.1 Å². The summed E-state index contributed by atoms with van der Waals surface area (Å²) in [7, 11) is 0. The van der Waals surface area contributed by atoms with Gasteiger partial charge in [0.1, 0.15) is 6.04 Å². The Kier molecular flexibility index (Phi) is 5.95. The first kappa shape index (κ1) is 17.5. The van der Waals surface area contributed by atoms with Crippen molar-refractivity contribution in [3.8, 4) is 0 Å². The molecule has 0 fully saturated rings. The zero-order valence-corrected chi connectivity index (χ0v) is 13.7. The van der Waals surface area contributed by atoms with Gasteiger partial charge < -0.3 is 20.4 Å². The summed E-state index contributed by atoms with van der Waals surface area (Å²) >= 11 is 0. The number of para-hydroxylation sites is 1. The molecule has 0 aliphatic carbocycles. The number of benzene rings is 1. The first-order chi connectivity index (χ1) is 11.5. The number of fused-ring (bicyclic) bond motifs is 1. The Morgan fingerprint density at radius 1 is 1.25 bits per heavy atom. The molecule has 24 heavy (non-hydrogen) atoms. The van der Waals surface area contributed by atoms with Crippen LogP contribution < -0.4 is 10.6 Å². The van der Waals surface area contributed by atoms with Crippen LogP contribution in [0.2, 0.25) is 0 Å². The fourth-order valence-electron chi connectivity index (χ4n) is 2.31. The van der Waals surface area contributed by atoms with E-state index in [1.165, 1.54) is 0 Å². The Balaban J connectivity index is 1.80. The largest absolute Gasteiger partial charge is 0.455 e. The number of esters is 1. The van der Waals surface area contributed by atoms with Gasteiger partial charge >= 0.3 is 5.97 Å². The van der Waals surface area contributed by atoms with E-state index >= 15 is 0 Å². The van der Waals surface area contributed by atoms with Crippen LogP contribution in [-0.4, -0.2) is 42.0 Å². The molecule has 2 rings (SSSR count). The highest BCUT2D eigenvalue weighted by Gasteiger charge is 2.16. The molecule has 0 bridgehead atoms. The molecular weight excluding hydrogens is 310 g/mol. The number of aromatic nitrogens is 1. The Bertz CT molecular complexity index is 738. The molecule has 7 nitrogen and oxygen atoms in total. The first-order valence-corrected chi connectivity index (χ1v) is 7.79. The summed E-state index contributed by atoms with van der Waals surface area (Å²) in [6, 6.07) is 6.95. The lowest BCUT2D eigenvalue weighted by atomic mass is 10.1. The standard InChI is InChI=1S/C17H21N3O4/c1-3-18-17(23)11(2)20-15(21)10-24-16(22)8-12-9-19-14-7-5-4-6-13(12)14/h4-7,9,11,19H,3,8,10H2,1-2H3,(H,18,23)(H,20,21)/t11-/m0/s1. The number of hydrogen-bond donors (Lipinski definition) is 3. The minimum absolute atomic E-state index is 0.0726. The van der Waals surface area contributed by atoms with Crippen LogP contribution >= 0.6 is 0 Å². The van der Waals surface area contributed by atoms with Gasteiger partial charge in [-0.2, -0.15) is 0 Å². The third-order valence-corrected chi connectivity index (χ3v) is 3.50. The van der Waals surface area contributed by atoms with Crippen molar-refractivity contribution in [1.29, 1.82) is 0 Å². The van der Waals surface area contributed by atoms with Gasteiger partial charge in [0.15, 0.2) is 6.61 Å².